The van der Waals surface area contributed by atoms with Crippen molar-refractivity contribution in [1.82, 2.24) is 34.8 Å². The number of fused-ring (bicyclic) bond motifs is 1. The molecular weight excluding hydrogens is 494 g/mol. The quantitative estimate of drug-likeness (QED) is 0.307. The Morgan fingerprint density at radius 3 is 2.58 bits per heavy atom. The van der Waals surface area contributed by atoms with E-state index in [0.29, 0.717) is 29.9 Å². The first kappa shape index (κ1) is 25.0. The first-order valence-corrected chi connectivity index (χ1v) is 11.7. The molecule has 5 aromatic rings. The number of carbonyl (C=O) groups excluding carboxylic acids is 1. The Morgan fingerprint density at radius 1 is 1.11 bits per heavy atom. The second kappa shape index (κ2) is 10.7. The molecule has 38 heavy (non-hydrogen) atoms. The molecule has 0 fully saturated rings. The summed E-state index contributed by atoms with van der Waals surface area (Å²) in [6.07, 6.45) is 4.03. The summed E-state index contributed by atoms with van der Waals surface area (Å²) in [6.45, 7) is 0.885. The summed E-state index contributed by atoms with van der Waals surface area (Å²) in [5.41, 5.74) is 7.98. The summed E-state index contributed by atoms with van der Waals surface area (Å²) in [4.78, 5) is 21.1. The molecule has 0 bridgehead atoms. The number of amides is 1. The summed E-state index contributed by atoms with van der Waals surface area (Å²) in [6, 6.07) is 12.3. The van der Waals surface area contributed by atoms with Crippen LogP contribution in [0.25, 0.3) is 10.8 Å². The van der Waals surface area contributed by atoms with Crippen molar-refractivity contribution >= 4 is 22.5 Å². The van der Waals surface area contributed by atoms with Crippen LogP contribution < -0.4 is 11.1 Å². The molecule has 0 aliphatic heterocycles. The van der Waals surface area contributed by atoms with E-state index in [1.54, 1.807) is 23.0 Å². The lowest BCUT2D eigenvalue weighted by molar-refractivity contribution is 0.0939. The highest BCUT2D eigenvalue weighted by Gasteiger charge is 2.18. The van der Waals surface area contributed by atoms with Crippen LogP contribution in [0.15, 0.2) is 61.1 Å². The highest BCUT2D eigenvalue weighted by atomic mass is 19.1. The van der Waals surface area contributed by atoms with Gasteiger partial charge in [0.15, 0.2) is 11.6 Å². The molecule has 10 nitrogen and oxygen atoms in total. The van der Waals surface area contributed by atoms with Crippen LogP contribution in [-0.4, -0.2) is 42.5 Å². The van der Waals surface area contributed by atoms with Crippen LogP contribution in [0, 0.1) is 11.6 Å². The van der Waals surface area contributed by atoms with Gasteiger partial charge in [-0.1, -0.05) is 24.3 Å². The predicted molar refractivity (Wildman–Crippen MR) is 135 cm³/mol. The van der Waals surface area contributed by atoms with Crippen LogP contribution in [-0.2, 0) is 31.0 Å². The van der Waals surface area contributed by atoms with Gasteiger partial charge in [0, 0.05) is 30.8 Å². The maximum absolute atomic E-state index is 14.6. The number of nitrogens with two attached hydrogens (primary N) is 1. The van der Waals surface area contributed by atoms with Gasteiger partial charge in [-0.3, -0.25) is 9.48 Å². The molecule has 0 saturated heterocycles. The number of hydrogen-bond donors (Lipinski definition) is 2. The number of nitrogens with zero attached hydrogens (tertiary/aromatic N) is 6. The zero-order chi connectivity index (χ0) is 26.6. The molecule has 0 atom stereocenters. The minimum absolute atomic E-state index is 0.0518. The molecule has 0 saturated carbocycles. The van der Waals surface area contributed by atoms with Crippen LogP contribution in [0.1, 0.15) is 33.1 Å². The second-order valence-corrected chi connectivity index (χ2v) is 8.66. The Morgan fingerprint density at radius 2 is 1.87 bits per heavy atom. The van der Waals surface area contributed by atoms with Crippen LogP contribution in [0.4, 0.5) is 14.6 Å². The van der Waals surface area contributed by atoms with E-state index < -0.39 is 11.7 Å². The molecule has 0 spiro atoms. The molecule has 0 radical (unpaired) electrons. The SMILES string of the molecule is COCc1nc(C(=O)NCc2cc3ccnc(N)c3cc2F)nn1Cc1ccc(Cn2cc(F)cn2)cc1. The van der Waals surface area contributed by atoms with E-state index in [9.17, 15) is 13.6 Å². The van der Waals surface area contributed by atoms with Gasteiger partial charge in [-0.25, -0.2) is 23.4 Å². The third-order valence-corrected chi connectivity index (χ3v) is 5.93. The van der Waals surface area contributed by atoms with Crippen molar-refractivity contribution in [1.29, 1.82) is 0 Å². The number of nitrogen functional groups attached to an aromatic ring is 1. The van der Waals surface area contributed by atoms with Gasteiger partial charge in [-0.05, 0) is 34.7 Å². The number of hydrogen-bond acceptors (Lipinski definition) is 7. The van der Waals surface area contributed by atoms with E-state index in [1.807, 2.05) is 24.3 Å². The van der Waals surface area contributed by atoms with Crippen molar-refractivity contribution in [2.24, 2.45) is 0 Å². The Hall–Kier alpha value is -4.71. The molecule has 5 rings (SSSR count). The summed E-state index contributed by atoms with van der Waals surface area (Å²) in [5.74, 6) is -0.782. The lowest BCUT2D eigenvalue weighted by Gasteiger charge is -2.08. The Balaban J connectivity index is 1.27. The first-order valence-electron chi connectivity index (χ1n) is 11.7. The lowest BCUT2D eigenvalue weighted by Crippen LogP contribution is -2.24. The minimum Gasteiger partial charge on any atom is -0.383 e. The molecule has 194 valence electrons. The van der Waals surface area contributed by atoms with E-state index in [2.05, 4.69) is 25.5 Å². The molecule has 0 aliphatic rings. The summed E-state index contributed by atoms with van der Waals surface area (Å²) < 4.78 is 36.1. The van der Waals surface area contributed by atoms with Crippen molar-refractivity contribution < 1.29 is 18.3 Å². The Kier molecular flexibility index (Phi) is 7.05. The largest absolute Gasteiger partial charge is 0.383 e. The second-order valence-electron chi connectivity index (χ2n) is 8.66. The molecule has 3 aromatic heterocycles. The molecule has 3 N–H and O–H groups in total. The number of benzene rings is 2. The zero-order valence-corrected chi connectivity index (χ0v) is 20.4. The van der Waals surface area contributed by atoms with Crippen LogP contribution in [0.3, 0.4) is 0 Å². The number of ether oxygens (including phenoxy) is 1. The normalized spacial score (nSPS) is 11.2. The molecule has 0 aliphatic carbocycles. The topological polar surface area (TPSA) is 126 Å². The zero-order valence-electron chi connectivity index (χ0n) is 20.4. The standard InChI is InChI=1S/C26H24F2N8O2/c1-38-15-23-33-25(26(37)31-10-19-8-18-6-7-30-24(29)21(18)9-22(19)28)34-36(23)13-17-4-2-16(3-5-17)12-35-14-20(27)11-32-35/h2-9,11,14H,10,12-13,15H2,1H3,(H2,29,30)(H,31,37). The van der Waals surface area contributed by atoms with E-state index in [1.165, 1.54) is 24.1 Å². The van der Waals surface area contributed by atoms with Gasteiger partial charge in [0.1, 0.15) is 18.2 Å². The van der Waals surface area contributed by atoms with Gasteiger partial charge in [0.05, 0.1) is 25.5 Å². The smallest absolute Gasteiger partial charge is 0.291 e. The molecule has 12 heteroatoms. The van der Waals surface area contributed by atoms with Crippen molar-refractivity contribution in [2.75, 3.05) is 12.8 Å². The van der Waals surface area contributed by atoms with Crippen molar-refractivity contribution in [3.63, 3.8) is 0 Å². The summed E-state index contributed by atoms with van der Waals surface area (Å²) in [7, 11) is 1.52. The van der Waals surface area contributed by atoms with Gasteiger partial charge in [0.25, 0.3) is 5.91 Å². The predicted octanol–water partition coefficient (Wildman–Crippen LogP) is 3.06. The van der Waals surface area contributed by atoms with Gasteiger partial charge in [0.2, 0.25) is 5.82 Å². The maximum Gasteiger partial charge on any atom is 0.291 e. The number of nitrogens with one attached hydrogen (secondary N) is 1. The van der Waals surface area contributed by atoms with Crippen LogP contribution in [0.5, 0.6) is 0 Å². The number of carbonyl (C=O) groups is 1. The highest BCUT2D eigenvalue weighted by Crippen LogP contribution is 2.22. The molecular formula is C26H24F2N8O2. The van der Waals surface area contributed by atoms with E-state index in [-0.39, 0.29) is 30.6 Å². The highest BCUT2D eigenvalue weighted by molar-refractivity contribution is 5.92. The molecule has 1 amide bonds. The summed E-state index contributed by atoms with van der Waals surface area (Å²) >= 11 is 0. The number of halogens is 2. The monoisotopic (exact) mass is 518 g/mol. The minimum atomic E-state index is -0.545. The number of methoxy groups -OCH3 is 1. The van der Waals surface area contributed by atoms with Gasteiger partial charge >= 0.3 is 0 Å². The number of aromatic nitrogens is 6. The molecule has 3 heterocycles. The fraction of sp³-hybridized carbons (Fsp3) is 0.192. The van der Waals surface area contributed by atoms with Crippen LogP contribution in [0.2, 0.25) is 0 Å². The van der Waals surface area contributed by atoms with Gasteiger partial charge < -0.3 is 15.8 Å². The maximum atomic E-state index is 14.6. The van der Waals surface area contributed by atoms with Crippen molar-refractivity contribution in [3.05, 3.63) is 101 Å². The van der Waals surface area contributed by atoms with E-state index in [4.69, 9.17) is 10.5 Å². The van der Waals surface area contributed by atoms with Crippen molar-refractivity contribution in [3.8, 4) is 0 Å². The fourth-order valence-corrected chi connectivity index (χ4v) is 4.02. The first-order chi connectivity index (χ1) is 18.4. The number of pyridine rings is 1. The third-order valence-electron chi connectivity index (χ3n) is 5.93. The Bertz CT molecular complexity index is 1600. The lowest BCUT2D eigenvalue weighted by atomic mass is 10.1. The molecule has 0 unspecified atom stereocenters. The fourth-order valence-electron chi connectivity index (χ4n) is 4.02. The average molecular weight is 519 g/mol. The average Bonchev–Trinajstić information content (AvgIpc) is 3.50. The number of anilines is 1. The molecule has 2 aromatic carbocycles. The third kappa shape index (κ3) is 5.49. The summed E-state index contributed by atoms with van der Waals surface area (Å²) in [5, 5.41) is 12.2. The van der Waals surface area contributed by atoms with E-state index >= 15 is 0 Å². The van der Waals surface area contributed by atoms with Gasteiger partial charge in [-0.15, -0.1) is 5.10 Å². The van der Waals surface area contributed by atoms with Crippen molar-refractivity contribution in [2.45, 2.75) is 26.2 Å². The van der Waals surface area contributed by atoms with Gasteiger partial charge in [-0.2, -0.15) is 5.10 Å². The Labute approximate surface area is 216 Å². The van der Waals surface area contributed by atoms with E-state index in [0.717, 1.165) is 22.7 Å². The van der Waals surface area contributed by atoms with Crippen LogP contribution >= 0.6 is 0 Å². The number of rotatable bonds is 9.